The second kappa shape index (κ2) is 4.49. The number of nitro groups is 1. The Morgan fingerprint density at radius 2 is 2.10 bits per heavy atom. The zero-order valence-corrected chi connectivity index (χ0v) is 5.54. The van der Waals surface area contributed by atoms with Gasteiger partial charge in [0, 0.05) is 17.2 Å². The van der Waals surface area contributed by atoms with E-state index in [4.69, 9.17) is 0 Å². The topological polar surface area (TPSA) is 77.3 Å². The molecular formula is C4H3NO4S. The van der Waals surface area contributed by atoms with Crippen molar-refractivity contribution in [2.24, 2.45) is 0 Å². The lowest BCUT2D eigenvalue weighted by molar-refractivity contribution is -0.402. The van der Waals surface area contributed by atoms with E-state index in [9.17, 15) is 18.5 Å². The first-order chi connectivity index (χ1) is 4.63. The Bertz CT molecular complexity index is 298. The summed E-state index contributed by atoms with van der Waals surface area (Å²) < 4.78 is 19.4. The summed E-state index contributed by atoms with van der Waals surface area (Å²) in [5.41, 5.74) is 0. The minimum atomic E-state index is -2.41. The second-order valence-electron chi connectivity index (χ2n) is 1.15. The molecule has 0 atom stereocenters. The van der Waals surface area contributed by atoms with Crippen molar-refractivity contribution in [1.29, 1.82) is 0 Å². The van der Waals surface area contributed by atoms with Crippen LogP contribution in [0.5, 0.6) is 0 Å². The van der Waals surface area contributed by atoms with Gasteiger partial charge in [0.15, 0.2) is 0 Å². The van der Waals surface area contributed by atoms with Crippen LogP contribution in [0.4, 0.5) is 0 Å². The van der Waals surface area contributed by atoms with Gasteiger partial charge in [0.1, 0.15) is 0 Å². The quantitative estimate of drug-likeness (QED) is 0.239. The molecule has 0 aromatic heterocycles. The molecule has 0 rings (SSSR count). The van der Waals surface area contributed by atoms with Crippen LogP contribution >= 0.6 is 0 Å². The molecule has 0 spiro atoms. The molecule has 0 aromatic rings. The van der Waals surface area contributed by atoms with Gasteiger partial charge in [-0.15, -0.1) is 0 Å². The van der Waals surface area contributed by atoms with Crippen molar-refractivity contribution in [3.63, 3.8) is 0 Å². The summed E-state index contributed by atoms with van der Waals surface area (Å²) in [6, 6.07) is 0. The van der Waals surface area contributed by atoms with Crippen LogP contribution in [0.25, 0.3) is 0 Å². The van der Waals surface area contributed by atoms with Gasteiger partial charge in [0.2, 0.25) is 6.20 Å². The lowest BCUT2D eigenvalue weighted by Gasteiger charge is -1.70. The number of hydrogen-bond donors (Lipinski definition) is 0. The molecule has 0 saturated carbocycles. The lowest BCUT2D eigenvalue weighted by Crippen LogP contribution is -1.80. The van der Waals surface area contributed by atoms with E-state index in [0.29, 0.717) is 6.20 Å². The number of allylic oxidation sites excluding steroid dienone is 2. The first-order valence-corrected chi connectivity index (χ1v) is 3.19. The summed E-state index contributed by atoms with van der Waals surface area (Å²) in [7, 11) is -2.41. The third-order valence-electron chi connectivity index (χ3n) is 0.468. The van der Waals surface area contributed by atoms with Gasteiger partial charge in [0.05, 0.1) is 4.92 Å². The molecule has 0 heterocycles. The van der Waals surface area contributed by atoms with Crippen molar-refractivity contribution in [2.75, 3.05) is 0 Å². The summed E-state index contributed by atoms with van der Waals surface area (Å²) in [6.07, 6.45) is 2.52. The smallest absolute Gasteiger partial charge is 0.259 e. The number of nitrogens with zero attached hydrogens (tertiary/aromatic N) is 1. The normalized spacial score (nSPS) is 8.80. The third-order valence-corrected chi connectivity index (χ3v) is 0.797. The molecule has 0 aliphatic rings. The Labute approximate surface area is 58.0 Å². The summed E-state index contributed by atoms with van der Waals surface area (Å²) in [4.78, 5) is 8.86. The fourth-order valence-electron chi connectivity index (χ4n) is 0.208. The highest BCUT2D eigenvalue weighted by Crippen LogP contribution is 1.71. The van der Waals surface area contributed by atoms with Crippen LogP contribution < -0.4 is 0 Å². The summed E-state index contributed by atoms with van der Waals surface area (Å²) in [5.74, 6) is 0. The van der Waals surface area contributed by atoms with E-state index < -0.39 is 15.2 Å². The Hall–Kier alpha value is -1.39. The van der Waals surface area contributed by atoms with Gasteiger partial charge >= 0.3 is 0 Å². The van der Waals surface area contributed by atoms with Crippen molar-refractivity contribution in [3.8, 4) is 0 Å². The van der Waals surface area contributed by atoms with Gasteiger partial charge in [-0.25, -0.2) is 0 Å². The molecule has 0 aliphatic heterocycles. The molecule has 10 heavy (non-hydrogen) atoms. The Morgan fingerprint density at radius 1 is 1.50 bits per heavy atom. The Balaban J connectivity index is 4.25. The maximum absolute atomic E-state index is 9.70. The molecule has 0 bridgehead atoms. The van der Waals surface area contributed by atoms with Crippen LogP contribution in [0.3, 0.4) is 0 Å². The Kier molecular flexibility index (Phi) is 3.86. The maximum atomic E-state index is 9.70. The number of hydrogen-bond acceptors (Lipinski definition) is 4. The van der Waals surface area contributed by atoms with Crippen LogP contribution in [0.1, 0.15) is 0 Å². The van der Waals surface area contributed by atoms with E-state index in [1.54, 1.807) is 5.02 Å². The molecule has 0 radical (unpaired) electrons. The van der Waals surface area contributed by atoms with Crippen LogP contribution in [0.15, 0.2) is 18.4 Å². The summed E-state index contributed by atoms with van der Waals surface area (Å²) in [6.45, 7) is 0. The van der Waals surface area contributed by atoms with Crippen molar-refractivity contribution in [3.05, 3.63) is 28.5 Å². The Morgan fingerprint density at radius 3 is 2.50 bits per heavy atom. The van der Waals surface area contributed by atoms with Gasteiger partial charge in [-0.2, -0.15) is 8.42 Å². The largest absolute Gasteiger partial charge is 0.260 e. The van der Waals surface area contributed by atoms with Crippen molar-refractivity contribution in [2.45, 2.75) is 0 Å². The monoisotopic (exact) mass is 161 g/mol. The third kappa shape index (κ3) is 6.61. The van der Waals surface area contributed by atoms with Gasteiger partial charge in [-0.1, -0.05) is 0 Å². The van der Waals surface area contributed by atoms with Crippen LogP contribution in [-0.4, -0.2) is 18.4 Å². The van der Waals surface area contributed by atoms with Crippen molar-refractivity contribution >= 4 is 15.3 Å². The molecule has 6 heteroatoms. The predicted molar refractivity (Wildman–Crippen MR) is 34.6 cm³/mol. The highest BCUT2D eigenvalue weighted by Gasteiger charge is 1.77. The van der Waals surface area contributed by atoms with E-state index in [0.717, 1.165) is 12.2 Å². The maximum Gasteiger partial charge on any atom is 0.260 e. The molecule has 0 unspecified atom stereocenters. The molecule has 0 fully saturated rings. The molecule has 0 saturated heterocycles. The standard InChI is InChI=1S/C4H3NO4S/c6-5(7)3-1-2-4-10(8)9/h1-3H. The van der Waals surface area contributed by atoms with Crippen LogP contribution in [0, 0.1) is 10.1 Å². The van der Waals surface area contributed by atoms with E-state index in [2.05, 4.69) is 0 Å². The average Bonchev–Trinajstić information content (AvgIpc) is 1.79. The second-order valence-corrected chi connectivity index (χ2v) is 1.85. The summed E-state index contributed by atoms with van der Waals surface area (Å²) >= 11 is 0. The highest BCUT2D eigenvalue weighted by molar-refractivity contribution is 7.70. The zero-order valence-electron chi connectivity index (χ0n) is 4.72. The fourth-order valence-corrected chi connectivity index (χ4v) is 0.398. The molecule has 0 aromatic carbocycles. The van der Waals surface area contributed by atoms with E-state index >= 15 is 0 Å². The molecule has 0 aliphatic carbocycles. The molecule has 0 N–H and O–H groups in total. The first kappa shape index (κ1) is 8.61. The first-order valence-electron chi connectivity index (χ1n) is 2.12. The van der Waals surface area contributed by atoms with Crippen molar-refractivity contribution < 1.29 is 13.3 Å². The lowest BCUT2D eigenvalue weighted by atomic mass is 10.6. The van der Waals surface area contributed by atoms with Gasteiger partial charge in [-0.05, 0) is 0 Å². The SMILES string of the molecule is O=[N+]([O-])C=CC=C=S(=O)=O. The van der Waals surface area contributed by atoms with Gasteiger partial charge < -0.3 is 0 Å². The zero-order chi connectivity index (χ0) is 7.98. The fraction of sp³-hybridized carbons (Fsp3) is 0. The van der Waals surface area contributed by atoms with Gasteiger partial charge in [-0.3, -0.25) is 10.1 Å². The van der Waals surface area contributed by atoms with Crippen LogP contribution in [-0.2, 0) is 10.3 Å². The van der Waals surface area contributed by atoms with Gasteiger partial charge in [0.25, 0.3) is 10.3 Å². The molecule has 5 nitrogen and oxygen atoms in total. The molecule has 54 valence electrons. The van der Waals surface area contributed by atoms with Crippen molar-refractivity contribution in [1.82, 2.24) is 0 Å². The summed E-state index contributed by atoms with van der Waals surface area (Å²) in [5, 5.41) is 11.4. The molecule has 0 amide bonds. The number of rotatable bonds is 2. The molecular weight excluding hydrogens is 158 g/mol. The minimum Gasteiger partial charge on any atom is -0.259 e. The van der Waals surface area contributed by atoms with E-state index in [1.165, 1.54) is 0 Å². The highest BCUT2D eigenvalue weighted by atomic mass is 32.2. The van der Waals surface area contributed by atoms with E-state index in [1.807, 2.05) is 0 Å². The predicted octanol–water partition coefficient (Wildman–Crippen LogP) is -0.387. The minimum absolute atomic E-state index is 0.611. The average molecular weight is 161 g/mol. The van der Waals surface area contributed by atoms with Crippen LogP contribution in [0.2, 0.25) is 0 Å². The van der Waals surface area contributed by atoms with E-state index in [-0.39, 0.29) is 0 Å².